The molecule has 7 heteroatoms. The number of benzene rings is 2. The minimum atomic E-state index is -3.96. The number of carbonyl (C=O) groups is 1. The van der Waals surface area contributed by atoms with Gasteiger partial charge in [-0.25, -0.2) is 12.7 Å². The molecule has 2 aromatic rings. The quantitative estimate of drug-likeness (QED) is 0.756. The number of hydrogen-bond acceptors (Lipinski definition) is 4. The van der Waals surface area contributed by atoms with Crippen LogP contribution in [-0.2, 0) is 21.4 Å². The Hall–Kier alpha value is -1.45. The largest absolute Gasteiger partial charge is 0.326 e. The molecule has 0 saturated heterocycles. The standard InChI is InChI=1S/C15H15IN2O3S/c1-11(19)18(15-5-3-2-4-14(15)16)22(20,21)13-8-6-12(10-17)7-9-13/h2-9H,10,17H2,1H3. The molecule has 0 aromatic heterocycles. The molecule has 22 heavy (non-hydrogen) atoms. The number of carbonyl (C=O) groups excluding carboxylic acids is 1. The van der Waals surface area contributed by atoms with Crippen LogP contribution in [0.15, 0.2) is 53.4 Å². The highest BCUT2D eigenvalue weighted by atomic mass is 127. The van der Waals surface area contributed by atoms with E-state index in [2.05, 4.69) is 0 Å². The molecule has 0 bridgehead atoms. The van der Waals surface area contributed by atoms with Gasteiger partial charge >= 0.3 is 0 Å². The molecule has 2 aromatic carbocycles. The molecule has 5 nitrogen and oxygen atoms in total. The molecule has 116 valence electrons. The van der Waals surface area contributed by atoms with Crippen LogP contribution in [0.2, 0.25) is 0 Å². The Labute approximate surface area is 143 Å². The molecular weight excluding hydrogens is 415 g/mol. The smallest absolute Gasteiger partial charge is 0.270 e. The third-order valence-corrected chi connectivity index (χ3v) is 5.77. The SMILES string of the molecule is CC(=O)N(c1ccccc1I)S(=O)(=O)c1ccc(CN)cc1. The first-order valence-corrected chi connectivity index (χ1v) is 8.99. The van der Waals surface area contributed by atoms with Crippen molar-refractivity contribution in [3.63, 3.8) is 0 Å². The molecule has 0 radical (unpaired) electrons. The summed E-state index contributed by atoms with van der Waals surface area (Å²) in [5.74, 6) is -0.563. The lowest BCUT2D eigenvalue weighted by Crippen LogP contribution is -2.35. The van der Waals surface area contributed by atoms with Crippen molar-refractivity contribution in [3.8, 4) is 0 Å². The van der Waals surface area contributed by atoms with E-state index >= 15 is 0 Å². The van der Waals surface area contributed by atoms with Crippen molar-refractivity contribution in [1.82, 2.24) is 0 Å². The van der Waals surface area contributed by atoms with Gasteiger partial charge in [0.05, 0.1) is 10.6 Å². The molecule has 1 amide bonds. The van der Waals surface area contributed by atoms with Crippen molar-refractivity contribution in [3.05, 3.63) is 57.7 Å². The van der Waals surface area contributed by atoms with E-state index in [9.17, 15) is 13.2 Å². The van der Waals surface area contributed by atoms with Crippen LogP contribution in [0.25, 0.3) is 0 Å². The second-order valence-corrected chi connectivity index (χ2v) is 7.54. The van der Waals surface area contributed by atoms with Crippen LogP contribution in [0, 0.1) is 3.57 Å². The second-order valence-electron chi connectivity index (χ2n) is 4.59. The van der Waals surface area contributed by atoms with E-state index in [1.54, 1.807) is 36.4 Å². The third-order valence-electron chi connectivity index (χ3n) is 3.05. The number of nitrogens with two attached hydrogens (primary N) is 1. The lowest BCUT2D eigenvalue weighted by Gasteiger charge is -2.22. The molecule has 0 spiro atoms. The van der Waals surface area contributed by atoms with E-state index in [0.717, 1.165) is 9.87 Å². The lowest BCUT2D eigenvalue weighted by molar-refractivity contribution is -0.115. The zero-order valence-corrected chi connectivity index (χ0v) is 14.8. The fraction of sp³-hybridized carbons (Fsp3) is 0.133. The van der Waals surface area contributed by atoms with Gasteiger partial charge in [0.25, 0.3) is 10.0 Å². The van der Waals surface area contributed by atoms with Crippen LogP contribution in [0.1, 0.15) is 12.5 Å². The number of hydrogen-bond donors (Lipinski definition) is 1. The summed E-state index contributed by atoms with van der Waals surface area (Å²) in [5, 5.41) is 0. The molecule has 2 rings (SSSR count). The van der Waals surface area contributed by atoms with Gasteiger partial charge in [-0.05, 0) is 52.4 Å². The average molecular weight is 430 g/mol. The van der Waals surface area contributed by atoms with Gasteiger partial charge in [-0.3, -0.25) is 4.79 Å². The van der Waals surface area contributed by atoms with E-state index in [1.165, 1.54) is 19.1 Å². The van der Waals surface area contributed by atoms with Gasteiger partial charge in [0.15, 0.2) is 0 Å². The van der Waals surface area contributed by atoms with Crippen LogP contribution in [0.3, 0.4) is 0 Å². The maximum Gasteiger partial charge on any atom is 0.270 e. The summed E-state index contributed by atoms with van der Waals surface area (Å²) in [6.45, 7) is 1.56. The zero-order valence-electron chi connectivity index (χ0n) is 11.9. The fourth-order valence-electron chi connectivity index (χ4n) is 1.99. The Morgan fingerprint density at radius 2 is 1.73 bits per heavy atom. The Bertz CT molecular complexity index is 789. The molecular formula is C15H15IN2O3S. The number of halogens is 1. The zero-order chi connectivity index (χ0) is 16.3. The molecule has 0 unspecified atom stereocenters. The van der Waals surface area contributed by atoms with Crippen LogP contribution in [0.5, 0.6) is 0 Å². The van der Waals surface area contributed by atoms with Gasteiger partial charge in [-0.1, -0.05) is 24.3 Å². The Balaban J connectivity index is 2.56. The molecule has 0 atom stereocenters. The Morgan fingerprint density at radius 1 is 1.14 bits per heavy atom. The van der Waals surface area contributed by atoms with Gasteiger partial charge in [0, 0.05) is 17.0 Å². The van der Waals surface area contributed by atoms with Crippen molar-refractivity contribution in [2.45, 2.75) is 18.4 Å². The van der Waals surface area contributed by atoms with E-state index in [0.29, 0.717) is 15.8 Å². The number of rotatable bonds is 4. The maximum atomic E-state index is 12.8. The van der Waals surface area contributed by atoms with Crippen LogP contribution in [0.4, 0.5) is 5.69 Å². The van der Waals surface area contributed by atoms with Crippen LogP contribution < -0.4 is 10.0 Å². The summed E-state index contributed by atoms with van der Waals surface area (Å²) in [7, 11) is -3.96. The third kappa shape index (κ3) is 3.31. The fourth-order valence-corrected chi connectivity index (χ4v) is 4.23. The lowest BCUT2D eigenvalue weighted by atomic mass is 10.2. The van der Waals surface area contributed by atoms with Gasteiger partial charge in [-0.2, -0.15) is 0 Å². The van der Waals surface area contributed by atoms with Gasteiger partial charge in [-0.15, -0.1) is 0 Å². The highest BCUT2D eigenvalue weighted by Gasteiger charge is 2.29. The monoisotopic (exact) mass is 430 g/mol. The molecule has 0 fully saturated rings. The predicted molar refractivity (Wildman–Crippen MR) is 93.8 cm³/mol. The average Bonchev–Trinajstić information content (AvgIpc) is 2.49. The molecule has 0 aliphatic carbocycles. The number of anilines is 1. The first-order chi connectivity index (χ1) is 10.4. The summed E-state index contributed by atoms with van der Waals surface area (Å²) in [4.78, 5) is 12.0. The normalized spacial score (nSPS) is 11.2. The summed E-state index contributed by atoms with van der Waals surface area (Å²) in [6.07, 6.45) is 0. The second kappa shape index (κ2) is 6.76. The van der Waals surface area contributed by atoms with Crippen LogP contribution >= 0.6 is 22.6 Å². The summed E-state index contributed by atoms with van der Waals surface area (Å²) < 4.78 is 27.1. The van der Waals surface area contributed by atoms with E-state index < -0.39 is 15.9 Å². The van der Waals surface area contributed by atoms with Crippen molar-refractivity contribution >= 4 is 44.2 Å². The highest BCUT2D eigenvalue weighted by Crippen LogP contribution is 2.28. The summed E-state index contributed by atoms with van der Waals surface area (Å²) in [5.41, 5.74) is 6.68. The van der Waals surface area contributed by atoms with Gasteiger partial charge in [0.2, 0.25) is 5.91 Å². The van der Waals surface area contributed by atoms with E-state index in [-0.39, 0.29) is 4.90 Å². The minimum absolute atomic E-state index is 0.0551. The van der Waals surface area contributed by atoms with Crippen molar-refractivity contribution in [1.29, 1.82) is 0 Å². The molecule has 0 aliphatic heterocycles. The number of nitrogens with zero attached hydrogens (tertiary/aromatic N) is 1. The molecule has 0 saturated carbocycles. The molecule has 2 N–H and O–H groups in total. The molecule has 0 heterocycles. The maximum absolute atomic E-state index is 12.8. The van der Waals surface area contributed by atoms with Crippen molar-refractivity contribution < 1.29 is 13.2 Å². The van der Waals surface area contributed by atoms with Gasteiger partial charge < -0.3 is 5.73 Å². The number of sulfonamides is 1. The summed E-state index contributed by atoms with van der Waals surface area (Å²) in [6, 6.07) is 13.0. The van der Waals surface area contributed by atoms with E-state index in [4.69, 9.17) is 5.73 Å². The number of amides is 1. The van der Waals surface area contributed by atoms with Crippen LogP contribution in [-0.4, -0.2) is 14.3 Å². The minimum Gasteiger partial charge on any atom is -0.326 e. The van der Waals surface area contributed by atoms with Gasteiger partial charge in [0.1, 0.15) is 0 Å². The van der Waals surface area contributed by atoms with E-state index in [1.807, 2.05) is 22.6 Å². The predicted octanol–water partition coefficient (Wildman–Crippen LogP) is 2.49. The first kappa shape index (κ1) is 16.9. The Morgan fingerprint density at radius 3 is 2.23 bits per heavy atom. The first-order valence-electron chi connectivity index (χ1n) is 6.47. The summed E-state index contributed by atoms with van der Waals surface area (Å²) >= 11 is 2.00. The van der Waals surface area contributed by atoms with Crippen molar-refractivity contribution in [2.75, 3.05) is 4.31 Å². The number of para-hydroxylation sites is 1. The molecule has 0 aliphatic rings. The topological polar surface area (TPSA) is 80.5 Å². The highest BCUT2D eigenvalue weighted by molar-refractivity contribution is 14.1. The van der Waals surface area contributed by atoms with Crippen molar-refractivity contribution in [2.24, 2.45) is 5.73 Å². The Kier molecular flexibility index (Phi) is 5.20.